The molecule has 2 aliphatic heterocycles. The van der Waals surface area contributed by atoms with E-state index in [1.165, 1.54) is 10.4 Å². The highest BCUT2D eigenvalue weighted by atomic mass is 32.2. The lowest BCUT2D eigenvalue weighted by molar-refractivity contribution is 0.0730. The van der Waals surface area contributed by atoms with E-state index in [-0.39, 0.29) is 10.6 Å². The van der Waals surface area contributed by atoms with E-state index in [9.17, 15) is 13.2 Å². The first-order valence-electron chi connectivity index (χ1n) is 10.8. The lowest BCUT2D eigenvalue weighted by atomic mass is 10.2. The van der Waals surface area contributed by atoms with Crippen molar-refractivity contribution in [2.75, 3.05) is 69.2 Å². The summed E-state index contributed by atoms with van der Waals surface area (Å²) < 4.78 is 38.1. The molecule has 32 heavy (non-hydrogen) atoms. The highest BCUT2D eigenvalue weighted by molar-refractivity contribution is 7.89. The molecule has 0 saturated carbocycles. The Kier molecular flexibility index (Phi) is 6.79. The van der Waals surface area contributed by atoms with Crippen molar-refractivity contribution in [1.82, 2.24) is 14.4 Å². The van der Waals surface area contributed by atoms with Crippen LogP contribution >= 0.6 is 0 Å². The summed E-state index contributed by atoms with van der Waals surface area (Å²) in [6.45, 7) is 9.56. The van der Waals surface area contributed by atoms with E-state index in [0.29, 0.717) is 37.8 Å². The average Bonchev–Trinajstić information content (AvgIpc) is 3.26. The molecular formula is C21H29N5O5S. The summed E-state index contributed by atoms with van der Waals surface area (Å²) >= 11 is 0. The van der Waals surface area contributed by atoms with Crippen LogP contribution in [-0.2, 0) is 14.8 Å². The number of hydrogen-bond donors (Lipinski definition) is 1. The van der Waals surface area contributed by atoms with E-state index < -0.39 is 15.9 Å². The fraction of sp³-hybridized carbons (Fsp3) is 0.524. The minimum atomic E-state index is -3.70. The van der Waals surface area contributed by atoms with Crippen LogP contribution in [0.5, 0.6) is 0 Å². The molecule has 0 atom stereocenters. The Labute approximate surface area is 188 Å². The van der Waals surface area contributed by atoms with E-state index >= 15 is 0 Å². The van der Waals surface area contributed by atoms with Crippen LogP contribution in [0.3, 0.4) is 0 Å². The highest BCUT2D eigenvalue weighted by Crippen LogP contribution is 2.31. The fourth-order valence-electron chi connectivity index (χ4n) is 3.95. The third kappa shape index (κ3) is 4.80. The zero-order chi connectivity index (χ0) is 22.7. The molecule has 1 aromatic heterocycles. The van der Waals surface area contributed by atoms with Gasteiger partial charge in [0.05, 0.1) is 29.5 Å². The predicted octanol–water partition coefficient (Wildman–Crippen LogP) is 1.40. The van der Waals surface area contributed by atoms with Crippen molar-refractivity contribution >= 4 is 27.3 Å². The Bertz CT molecular complexity index is 1060. The minimum Gasteiger partial charge on any atom is -0.379 e. The van der Waals surface area contributed by atoms with Gasteiger partial charge >= 0.3 is 0 Å². The number of likely N-dealkylation sites (N-methyl/N-ethyl adjacent to an activating group) is 1. The van der Waals surface area contributed by atoms with Crippen molar-refractivity contribution in [3.8, 4) is 0 Å². The number of rotatable bonds is 6. The number of carbonyl (C=O) groups is 1. The van der Waals surface area contributed by atoms with Crippen LogP contribution in [0.15, 0.2) is 33.7 Å². The van der Waals surface area contributed by atoms with Crippen LogP contribution in [0.4, 0.5) is 11.4 Å². The standard InChI is InChI=1S/C21H29N5O5S/c1-3-24-6-8-25(9-7-24)20-5-4-17(32(28,29)26-10-12-30-13-11-26)15-18(20)22-21(27)19-14-16(2)31-23-19/h4-5,14-15H,3,6-13H2,1-2H3,(H,22,27). The van der Waals surface area contributed by atoms with Crippen LogP contribution < -0.4 is 10.2 Å². The summed E-state index contributed by atoms with van der Waals surface area (Å²) in [5.41, 5.74) is 1.37. The SMILES string of the molecule is CCN1CCN(c2ccc(S(=O)(=O)N3CCOCC3)cc2NC(=O)c2cc(C)on2)CC1. The van der Waals surface area contributed by atoms with Gasteiger partial charge < -0.3 is 24.4 Å². The van der Waals surface area contributed by atoms with Crippen molar-refractivity contribution < 1.29 is 22.5 Å². The zero-order valence-electron chi connectivity index (χ0n) is 18.4. The number of benzene rings is 1. The van der Waals surface area contributed by atoms with Gasteiger partial charge in [-0.3, -0.25) is 4.79 Å². The largest absolute Gasteiger partial charge is 0.379 e. The maximum Gasteiger partial charge on any atom is 0.277 e. The summed E-state index contributed by atoms with van der Waals surface area (Å²) in [7, 11) is -3.70. The number of sulfonamides is 1. The Hall–Kier alpha value is -2.47. The average molecular weight is 464 g/mol. The molecule has 2 aromatic rings. The van der Waals surface area contributed by atoms with Gasteiger partial charge in [0, 0.05) is 45.3 Å². The number of carbonyl (C=O) groups excluding carboxylic acids is 1. The Morgan fingerprint density at radius 2 is 1.81 bits per heavy atom. The maximum absolute atomic E-state index is 13.2. The normalized spacial score (nSPS) is 18.6. The second-order valence-electron chi connectivity index (χ2n) is 7.89. The molecule has 3 heterocycles. The van der Waals surface area contributed by atoms with Crippen LogP contribution in [-0.4, -0.2) is 87.7 Å². The smallest absolute Gasteiger partial charge is 0.277 e. The van der Waals surface area contributed by atoms with E-state index in [4.69, 9.17) is 9.26 Å². The number of piperazine rings is 1. The number of nitrogens with zero attached hydrogens (tertiary/aromatic N) is 4. The minimum absolute atomic E-state index is 0.141. The van der Waals surface area contributed by atoms with Crippen LogP contribution in [0.25, 0.3) is 0 Å². The third-order valence-corrected chi connectivity index (χ3v) is 7.74. The van der Waals surface area contributed by atoms with Gasteiger partial charge in [0.2, 0.25) is 10.0 Å². The molecule has 0 unspecified atom stereocenters. The van der Waals surface area contributed by atoms with Crippen molar-refractivity contribution in [3.63, 3.8) is 0 Å². The molecule has 1 N–H and O–H groups in total. The van der Waals surface area contributed by atoms with E-state index in [1.807, 2.05) is 0 Å². The molecule has 2 saturated heterocycles. The number of morpholine rings is 1. The molecule has 0 bridgehead atoms. The molecule has 11 heteroatoms. The van der Waals surface area contributed by atoms with E-state index in [1.54, 1.807) is 25.1 Å². The van der Waals surface area contributed by atoms with Gasteiger partial charge in [0.25, 0.3) is 5.91 Å². The molecule has 2 aliphatic rings. The number of aromatic nitrogens is 1. The highest BCUT2D eigenvalue weighted by Gasteiger charge is 2.28. The number of anilines is 2. The maximum atomic E-state index is 13.2. The molecule has 1 amide bonds. The second-order valence-corrected chi connectivity index (χ2v) is 9.83. The molecular weight excluding hydrogens is 434 g/mol. The summed E-state index contributed by atoms with van der Waals surface area (Å²) in [6.07, 6.45) is 0. The van der Waals surface area contributed by atoms with Gasteiger partial charge in [-0.2, -0.15) is 4.31 Å². The molecule has 0 radical (unpaired) electrons. The molecule has 10 nitrogen and oxygen atoms in total. The number of hydrogen-bond acceptors (Lipinski definition) is 8. The molecule has 0 spiro atoms. The predicted molar refractivity (Wildman–Crippen MR) is 120 cm³/mol. The molecule has 0 aliphatic carbocycles. The zero-order valence-corrected chi connectivity index (χ0v) is 19.2. The number of nitrogens with one attached hydrogen (secondary N) is 1. The first-order chi connectivity index (χ1) is 15.4. The van der Waals surface area contributed by atoms with Gasteiger partial charge in [0.15, 0.2) is 5.69 Å². The van der Waals surface area contributed by atoms with Gasteiger partial charge in [-0.25, -0.2) is 8.42 Å². The number of aryl methyl sites for hydroxylation is 1. The summed E-state index contributed by atoms with van der Waals surface area (Å²) in [5, 5.41) is 6.63. The van der Waals surface area contributed by atoms with Crippen LogP contribution in [0.1, 0.15) is 23.2 Å². The Morgan fingerprint density at radius 1 is 1.09 bits per heavy atom. The quantitative estimate of drug-likeness (QED) is 0.685. The Morgan fingerprint density at radius 3 is 2.44 bits per heavy atom. The first kappa shape index (κ1) is 22.7. The van der Waals surface area contributed by atoms with Gasteiger partial charge in [0.1, 0.15) is 5.76 Å². The number of amides is 1. The second kappa shape index (κ2) is 9.57. The molecule has 2 fully saturated rings. The first-order valence-corrected chi connectivity index (χ1v) is 12.3. The molecule has 4 rings (SSSR count). The topological polar surface area (TPSA) is 108 Å². The third-order valence-electron chi connectivity index (χ3n) is 5.84. The van der Waals surface area contributed by atoms with Crippen molar-refractivity contribution in [3.05, 3.63) is 35.7 Å². The van der Waals surface area contributed by atoms with Crippen molar-refractivity contribution in [2.45, 2.75) is 18.7 Å². The summed E-state index contributed by atoms with van der Waals surface area (Å²) in [5.74, 6) is 0.0749. The Balaban J connectivity index is 1.65. The monoisotopic (exact) mass is 463 g/mol. The number of ether oxygens (including phenoxy) is 1. The fourth-order valence-corrected chi connectivity index (χ4v) is 5.39. The lowest BCUT2D eigenvalue weighted by Gasteiger charge is -2.36. The van der Waals surface area contributed by atoms with Gasteiger partial charge in [-0.05, 0) is 31.7 Å². The summed E-state index contributed by atoms with van der Waals surface area (Å²) in [6, 6.07) is 6.47. The lowest BCUT2D eigenvalue weighted by Crippen LogP contribution is -2.46. The van der Waals surface area contributed by atoms with Gasteiger partial charge in [-0.1, -0.05) is 12.1 Å². The van der Waals surface area contributed by atoms with Gasteiger partial charge in [-0.15, -0.1) is 0 Å². The van der Waals surface area contributed by atoms with Crippen LogP contribution in [0.2, 0.25) is 0 Å². The molecule has 1 aromatic carbocycles. The molecule has 174 valence electrons. The summed E-state index contributed by atoms with van der Waals surface area (Å²) in [4.78, 5) is 17.4. The van der Waals surface area contributed by atoms with E-state index in [2.05, 4.69) is 27.2 Å². The van der Waals surface area contributed by atoms with E-state index in [0.717, 1.165) is 38.4 Å². The van der Waals surface area contributed by atoms with Crippen molar-refractivity contribution in [1.29, 1.82) is 0 Å². The van der Waals surface area contributed by atoms with Crippen molar-refractivity contribution in [2.24, 2.45) is 0 Å². The van der Waals surface area contributed by atoms with Crippen LogP contribution in [0, 0.1) is 6.92 Å².